The minimum atomic E-state index is -0.150. The van der Waals surface area contributed by atoms with Crippen LogP contribution in [0.3, 0.4) is 0 Å². The van der Waals surface area contributed by atoms with Gasteiger partial charge in [0.2, 0.25) is 5.91 Å². The van der Waals surface area contributed by atoms with Gasteiger partial charge in [-0.1, -0.05) is 17.8 Å². The number of hydrogen-bond acceptors (Lipinski definition) is 5. The summed E-state index contributed by atoms with van der Waals surface area (Å²) in [4.78, 5) is 11.9. The second-order valence-corrected chi connectivity index (χ2v) is 5.45. The first-order valence-electron chi connectivity index (χ1n) is 6.49. The first-order valence-corrected chi connectivity index (χ1v) is 7.48. The SMILES string of the molecule is C[C@@H](NC(=O)CSc1nnc2ccccn12)c1ccco1. The summed E-state index contributed by atoms with van der Waals surface area (Å²) in [6, 6.07) is 9.16. The van der Waals surface area contributed by atoms with E-state index in [9.17, 15) is 4.79 Å². The molecule has 0 spiro atoms. The predicted molar refractivity (Wildman–Crippen MR) is 79.0 cm³/mol. The van der Waals surface area contributed by atoms with Gasteiger partial charge >= 0.3 is 0 Å². The fourth-order valence-electron chi connectivity index (χ4n) is 1.94. The molecular weight excluding hydrogens is 288 g/mol. The van der Waals surface area contributed by atoms with Crippen LogP contribution >= 0.6 is 11.8 Å². The Balaban J connectivity index is 1.58. The molecule has 0 saturated heterocycles. The number of furan rings is 1. The Bertz CT molecular complexity index is 738. The second kappa shape index (κ2) is 6.01. The topological polar surface area (TPSA) is 72.4 Å². The minimum absolute atomic E-state index is 0.0726. The van der Waals surface area contributed by atoms with Crippen LogP contribution in [0, 0.1) is 0 Å². The molecule has 0 radical (unpaired) electrons. The van der Waals surface area contributed by atoms with E-state index in [4.69, 9.17) is 4.42 Å². The molecule has 1 N–H and O–H groups in total. The largest absolute Gasteiger partial charge is 0.467 e. The van der Waals surface area contributed by atoms with E-state index in [1.54, 1.807) is 12.3 Å². The van der Waals surface area contributed by atoms with E-state index in [0.29, 0.717) is 5.16 Å². The number of nitrogens with zero attached hydrogens (tertiary/aromatic N) is 3. The third-order valence-corrected chi connectivity index (χ3v) is 3.91. The molecule has 3 aromatic rings. The van der Waals surface area contributed by atoms with Gasteiger partial charge < -0.3 is 9.73 Å². The number of carbonyl (C=O) groups excluding carboxylic acids is 1. The highest BCUT2D eigenvalue weighted by atomic mass is 32.2. The fraction of sp³-hybridized carbons (Fsp3) is 0.214. The maximum absolute atomic E-state index is 11.9. The molecular formula is C14H14N4O2S. The first kappa shape index (κ1) is 13.7. The maximum Gasteiger partial charge on any atom is 0.231 e. The number of thioether (sulfide) groups is 1. The highest BCUT2D eigenvalue weighted by molar-refractivity contribution is 7.99. The van der Waals surface area contributed by atoms with Crippen molar-refractivity contribution in [3.8, 4) is 0 Å². The summed E-state index contributed by atoms with van der Waals surface area (Å²) < 4.78 is 7.11. The molecule has 0 aliphatic rings. The van der Waals surface area contributed by atoms with Crippen molar-refractivity contribution in [1.29, 1.82) is 0 Å². The molecule has 0 unspecified atom stereocenters. The van der Waals surface area contributed by atoms with Gasteiger partial charge in [-0.3, -0.25) is 9.20 Å². The normalized spacial score (nSPS) is 12.4. The Kier molecular flexibility index (Phi) is 3.92. The molecule has 108 valence electrons. The third kappa shape index (κ3) is 3.08. The Morgan fingerprint density at radius 3 is 3.10 bits per heavy atom. The number of hydrogen-bond donors (Lipinski definition) is 1. The van der Waals surface area contributed by atoms with Gasteiger partial charge in [-0.05, 0) is 31.2 Å². The highest BCUT2D eigenvalue weighted by Crippen LogP contribution is 2.17. The lowest BCUT2D eigenvalue weighted by molar-refractivity contribution is -0.119. The maximum atomic E-state index is 11.9. The van der Waals surface area contributed by atoms with E-state index in [0.717, 1.165) is 11.4 Å². The molecule has 3 aromatic heterocycles. The summed E-state index contributed by atoms with van der Waals surface area (Å²) in [5, 5.41) is 11.7. The first-order chi connectivity index (χ1) is 10.2. The van der Waals surface area contributed by atoms with E-state index in [-0.39, 0.29) is 17.7 Å². The number of rotatable bonds is 5. The van der Waals surface area contributed by atoms with Crippen molar-refractivity contribution < 1.29 is 9.21 Å². The van der Waals surface area contributed by atoms with Crippen LogP contribution in [0.2, 0.25) is 0 Å². The molecule has 0 fully saturated rings. The Hall–Kier alpha value is -2.28. The van der Waals surface area contributed by atoms with E-state index >= 15 is 0 Å². The van der Waals surface area contributed by atoms with E-state index in [2.05, 4.69) is 15.5 Å². The summed E-state index contributed by atoms with van der Waals surface area (Å²) in [6.07, 6.45) is 3.47. The number of aromatic nitrogens is 3. The molecule has 1 amide bonds. The molecule has 0 saturated carbocycles. The van der Waals surface area contributed by atoms with Crippen LogP contribution in [0.15, 0.2) is 52.4 Å². The average Bonchev–Trinajstić information content (AvgIpc) is 3.15. The van der Waals surface area contributed by atoms with Crippen molar-refractivity contribution in [3.63, 3.8) is 0 Å². The van der Waals surface area contributed by atoms with E-state index in [1.165, 1.54) is 11.8 Å². The molecule has 7 heteroatoms. The lowest BCUT2D eigenvalue weighted by atomic mass is 10.2. The van der Waals surface area contributed by atoms with Gasteiger partial charge in [0.1, 0.15) is 5.76 Å². The summed E-state index contributed by atoms with van der Waals surface area (Å²) in [7, 11) is 0. The van der Waals surface area contributed by atoms with Crippen LogP contribution in [-0.2, 0) is 4.79 Å². The van der Waals surface area contributed by atoms with Gasteiger partial charge in [0.15, 0.2) is 10.8 Å². The number of nitrogens with one attached hydrogen (secondary N) is 1. The van der Waals surface area contributed by atoms with Crippen molar-refractivity contribution in [3.05, 3.63) is 48.6 Å². The molecule has 21 heavy (non-hydrogen) atoms. The Labute approximate surface area is 125 Å². The molecule has 0 bridgehead atoms. The zero-order chi connectivity index (χ0) is 14.7. The van der Waals surface area contributed by atoms with Crippen LogP contribution in [0.25, 0.3) is 5.65 Å². The van der Waals surface area contributed by atoms with Crippen LogP contribution in [0.4, 0.5) is 0 Å². The lowest BCUT2D eigenvalue weighted by Gasteiger charge is -2.10. The van der Waals surface area contributed by atoms with Crippen molar-refractivity contribution >= 4 is 23.3 Å². The summed E-state index contributed by atoms with van der Waals surface area (Å²) in [5.74, 6) is 0.943. The smallest absolute Gasteiger partial charge is 0.231 e. The predicted octanol–water partition coefficient (Wildman–Crippen LogP) is 2.29. The molecule has 0 aliphatic heterocycles. The quantitative estimate of drug-likeness (QED) is 0.732. The minimum Gasteiger partial charge on any atom is -0.467 e. The Morgan fingerprint density at radius 1 is 1.38 bits per heavy atom. The van der Waals surface area contributed by atoms with E-state index in [1.807, 2.05) is 41.8 Å². The van der Waals surface area contributed by atoms with Crippen molar-refractivity contribution in [2.24, 2.45) is 0 Å². The third-order valence-electron chi connectivity index (χ3n) is 2.96. The summed E-state index contributed by atoms with van der Waals surface area (Å²) in [6.45, 7) is 1.88. The molecule has 3 rings (SSSR count). The molecule has 3 heterocycles. The Morgan fingerprint density at radius 2 is 2.29 bits per heavy atom. The van der Waals surface area contributed by atoms with Crippen LogP contribution < -0.4 is 5.32 Å². The zero-order valence-electron chi connectivity index (χ0n) is 11.4. The number of fused-ring (bicyclic) bond motifs is 1. The fourth-order valence-corrected chi connectivity index (χ4v) is 2.68. The number of pyridine rings is 1. The number of carbonyl (C=O) groups is 1. The molecule has 0 aliphatic carbocycles. The monoisotopic (exact) mass is 302 g/mol. The van der Waals surface area contributed by atoms with Gasteiger partial charge in [0, 0.05) is 6.20 Å². The summed E-state index contributed by atoms with van der Waals surface area (Å²) >= 11 is 1.35. The molecule has 0 aromatic carbocycles. The van der Waals surface area contributed by atoms with Gasteiger partial charge in [0.25, 0.3) is 0 Å². The van der Waals surface area contributed by atoms with Crippen molar-refractivity contribution in [2.75, 3.05) is 5.75 Å². The average molecular weight is 302 g/mol. The van der Waals surface area contributed by atoms with Gasteiger partial charge in [0.05, 0.1) is 18.1 Å². The van der Waals surface area contributed by atoms with Gasteiger partial charge in [-0.15, -0.1) is 10.2 Å². The van der Waals surface area contributed by atoms with E-state index < -0.39 is 0 Å². The van der Waals surface area contributed by atoms with Gasteiger partial charge in [-0.25, -0.2) is 0 Å². The van der Waals surface area contributed by atoms with Crippen molar-refractivity contribution in [2.45, 2.75) is 18.1 Å². The lowest BCUT2D eigenvalue weighted by Crippen LogP contribution is -2.28. The zero-order valence-corrected chi connectivity index (χ0v) is 12.2. The standard InChI is InChI=1S/C14H14N4O2S/c1-10(11-5-4-8-20-11)15-13(19)9-21-14-17-16-12-6-2-3-7-18(12)14/h2-8,10H,9H2,1H3,(H,15,19)/t10-/m1/s1. The van der Waals surface area contributed by atoms with Crippen LogP contribution in [0.1, 0.15) is 18.7 Å². The summed E-state index contributed by atoms with van der Waals surface area (Å²) in [5.41, 5.74) is 0.768. The van der Waals surface area contributed by atoms with Crippen LogP contribution in [0.5, 0.6) is 0 Å². The highest BCUT2D eigenvalue weighted by Gasteiger charge is 2.13. The van der Waals surface area contributed by atoms with Crippen molar-refractivity contribution in [1.82, 2.24) is 19.9 Å². The van der Waals surface area contributed by atoms with Crippen LogP contribution in [-0.4, -0.2) is 26.3 Å². The second-order valence-electron chi connectivity index (χ2n) is 4.50. The number of amides is 1. The molecule has 6 nitrogen and oxygen atoms in total. The molecule has 1 atom stereocenters. The van der Waals surface area contributed by atoms with Gasteiger partial charge in [-0.2, -0.15) is 0 Å².